The summed E-state index contributed by atoms with van der Waals surface area (Å²) in [6.07, 6.45) is 7.32. The number of hydrogen-bond donors (Lipinski definition) is 2. The van der Waals surface area contributed by atoms with Gasteiger partial charge < -0.3 is 14.3 Å². The summed E-state index contributed by atoms with van der Waals surface area (Å²) in [5, 5.41) is 10.1. The molecule has 0 spiro atoms. The van der Waals surface area contributed by atoms with Crippen molar-refractivity contribution in [3.05, 3.63) is 71.4 Å². The van der Waals surface area contributed by atoms with Crippen LogP contribution in [0.2, 0.25) is 0 Å². The molecule has 1 fully saturated rings. The highest BCUT2D eigenvalue weighted by atomic mass is 32.2. The van der Waals surface area contributed by atoms with E-state index in [-0.39, 0.29) is 29.3 Å². The first-order valence-electron chi connectivity index (χ1n) is 11.1. The highest BCUT2D eigenvalue weighted by Gasteiger charge is 2.32. The van der Waals surface area contributed by atoms with Crippen molar-refractivity contribution in [2.24, 2.45) is 0 Å². The maximum atomic E-state index is 14.2. The van der Waals surface area contributed by atoms with Gasteiger partial charge in [-0.25, -0.2) is 17.7 Å². The van der Waals surface area contributed by atoms with E-state index in [1.165, 1.54) is 30.5 Å². The van der Waals surface area contributed by atoms with Gasteiger partial charge in [0.05, 0.1) is 17.6 Å². The lowest BCUT2D eigenvalue weighted by Gasteiger charge is -2.27. The summed E-state index contributed by atoms with van der Waals surface area (Å²) in [5.41, 5.74) is 1.42. The molecule has 1 unspecified atom stereocenters. The number of halogens is 1. The number of aromatic carboxylic acids is 1. The fourth-order valence-corrected chi connectivity index (χ4v) is 5.23. The smallest absolute Gasteiger partial charge is 0.341 e. The topological polar surface area (TPSA) is 103 Å². The van der Waals surface area contributed by atoms with Gasteiger partial charge in [0.1, 0.15) is 29.5 Å². The molecule has 0 bridgehead atoms. The number of hydrogen-bond acceptors (Lipinski definition) is 5. The summed E-state index contributed by atoms with van der Waals surface area (Å²) in [6, 6.07) is 8.56. The molecule has 2 aromatic carbocycles. The van der Waals surface area contributed by atoms with Crippen LogP contribution in [-0.2, 0) is 17.9 Å². The van der Waals surface area contributed by atoms with Crippen LogP contribution in [0.15, 0.2) is 53.2 Å². The molecule has 8 nitrogen and oxygen atoms in total. The highest BCUT2D eigenvalue weighted by molar-refractivity contribution is 7.81. The van der Waals surface area contributed by atoms with Crippen LogP contribution in [0.1, 0.15) is 34.5 Å². The molecule has 0 saturated carbocycles. The lowest BCUT2D eigenvalue weighted by Crippen LogP contribution is -2.24. The number of ether oxygens (including phenoxy) is 1. The SMILES string of the molecule is O=C(O)c1c(N(c2ccc(F)cc2C=CCN2CCCC2)S(=O)O)ccc2c1OCc1occc1-2. The molecule has 182 valence electrons. The minimum Gasteiger partial charge on any atom is -0.484 e. The van der Waals surface area contributed by atoms with Crippen LogP contribution in [0.4, 0.5) is 15.8 Å². The Balaban J connectivity index is 1.60. The predicted molar refractivity (Wildman–Crippen MR) is 129 cm³/mol. The zero-order chi connectivity index (χ0) is 24.5. The predicted octanol–water partition coefficient (Wildman–Crippen LogP) is 5.06. The summed E-state index contributed by atoms with van der Waals surface area (Å²) in [5.74, 6) is -1.20. The lowest BCUT2D eigenvalue weighted by molar-refractivity contribution is 0.0692. The molecular formula is C25H23FN2O6S. The second kappa shape index (κ2) is 9.65. The molecule has 1 saturated heterocycles. The van der Waals surface area contributed by atoms with E-state index in [4.69, 9.17) is 9.15 Å². The number of nitrogens with zero attached hydrogens (tertiary/aromatic N) is 2. The van der Waals surface area contributed by atoms with E-state index in [0.717, 1.165) is 30.2 Å². The maximum absolute atomic E-state index is 14.2. The summed E-state index contributed by atoms with van der Waals surface area (Å²) in [4.78, 5) is 14.6. The van der Waals surface area contributed by atoms with Gasteiger partial charge in [-0.05, 0) is 62.3 Å². The number of carboxylic acids is 1. The fourth-order valence-electron chi connectivity index (χ4n) is 4.58. The van der Waals surface area contributed by atoms with Gasteiger partial charge in [-0.15, -0.1) is 0 Å². The Labute approximate surface area is 203 Å². The molecule has 2 aliphatic heterocycles. The molecule has 0 amide bonds. The maximum Gasteiger partial charge on any atom is 0.341 e. The number of rotatable bonds is 7. The Morgan fingerprint density at radius 2 is 1.91 bits per heavy atom. The molecule has 3 aromatic rings. The minimum atomic E-state index is -2.67. The molecule has 2 aliphatic rings. The van der Waals surface area contributed by atoms with Crippen molar-refractivity contribution in [3.63, 3.8) is 0 Å². The third-order valence-corrected chi connectivity index (χ3v) is 6.88. The molecule has 1 aromatic heterocycles. The Hall–Kier alpha value is -3.47. The molecular weight excluding hydrogens is 475 g/mol. The zero-order valence-electron chi connectivity index (χ0n) is 18.6. The molecule has 1 atom stereocenters. The fraction of sp³-hybridized carbons (Fsp3) is 0.240. The largest absolute Gasteiger partial charge is 0.484 e. The number of likely N-dealkylation sites (tertiary alicyclic amines) is 1. The van der Waals surface area contributed by atoms with Crippen LogP contribution in [0.25, 0.3) is 17.2 Å². The second-order valence-electron chi connectivity index (χ2n) is 8.33. The van der Waals surface area contributed by atoms with Crippen LogP contribution in [0, 0.1) is 5.82 Å². The third kappa shape index (κ3) is 4.47. The quantitative estimate of drug-likeness (QED) is 0.439. The van der Waals surface area contributed by atoms with Gasteiger partial charge in [0, 0.05) is 23.2 Å². The molecule has 10 heteroatoms. The molecule has 5 rings (SSSR count). The van der Waals surface area contributed by atoms with Crippen molar-refractivity contribution >= 4 is 34.7 Å². The second-order valence-corrected chi connectivity index (χ2v) is 9.15. The molecule has 35 heavy (non-hydrogen) atoms. The van der Waals surface area contributed by atoms with E-state index < -0.39 is 23.1 Å². The zero-order valence-corrected chi connectivity index (χ0v) is 19.5. The number of benzene rings is 2. The number of fused-ring (bicyclic) bond motifs is 3. The number of anilines is 2. The number of furan rings is 1. The summed E-state index contributed by atoms with van der Waals surface area (Å²) >= 11 is -2.67. The van der Waals surface area contributed by atoms with Crippen LogP contribution in [0.5, 0.6) is 5.75 Å². The molecule has 3 heterocycles. The minimum absolute atomic E-state index is 0.0301. The molecule has 0 radical (unpaired) electrons. The van der Waals surface area contributed by atoms with Crippen LogP contribution in [0.3, 0.4) is 0 Å². The molecule has 2 N–H and O–H groups in total. The lowest BCUT2D eigenvalue weighted by atomic mass is 9.98. The number of carboxylic acid groups (broad SMARTS) is 1. The standard InChI is InChI=1S/C25H23FN2O6S/c26-17-5-7-20(16(14-17)4-3-12-27-10-1-2-11-27)28(35(31)32)21-8-6-19-18-9-13-33-22(18)15-34-24(19)23(21)25(29)30/h3-9,13-14H,1-2,10-12,15H2,(H,29,30)(H,31,32). The van der Waals surface area contributed by atoms with Gasteiger partial charge in [-0.1, -0.05) is 12.2 Å². The Bertz CT molecular complexity index is 1330. The Morgan fingerprint density at radius 3 is 2.66 bits per heavy atom. The van der Waals surface area contributed by atoms with Crippen molar-refractivity contribution in [1.82, 2.24) is 4.90 Å². The third-order valence-electron chi connectivity index (χ3n) is 6.18. The van der Waals surface area contributed by atoms with Gasteiger partial charge in [0.25, 0.3) is 11.3 Å². The first kappa shape index (κ1) is 23.3. The van der Waals surface area contributed by atoms with Crippen molar-refractivity contribution in [3.8, 4) is 16.9 Å². The van der Waals surface area contributed by atoms with E-state index in [1.54, 1.807) is 18.2 Å². The van der Waals surface area contributed by atoms with Crippen molar-refractivity contribution in [2.45, 2.75) is 19.4 Å². The normalized spacial score (nSPS) is 16.1. The van der Waals surface area contributed by atoms with Gasteiger partial charge in [-0.2, -0.15) is 0 Å². The van der Waals surface area contributed by atoms with Gasteiger partial charge in [-0.3, -0.25) is 9.45 Å². The highest BCUT2D eigenvalue weighted by Crippen LogP contribution is 2.46. The van der Waals surface area contributed by atoms with Crippen LogP contribution < -0.4 is 9.04 Å². The summed E-state index contributed by atoms with van der Waals surface area (Å²) in [6.45, 7) is 2.67. The van der Waals surface area contributed by atoms with Crippen molar-refractivity contribution in [1.29, 1.82) is 0 Å². The first-order valence-corrected chi connectivity index (χ1v) is 12.2. The van der Waals surface area contributed by atoms with E-state index >= 15 is 0 Å². The van der Waals surface area contributed by atoms with Crippen molar-refractivity contribution < 1.29 is 32.2 Å². The van der Waals surface area contributed by atoms with Gasteiger partial charge in [0.15, 0.2) is 0 Å². The first-order chi connectivity index (χ1) is 16.9. The average molecular weight is 499 g/mol. The monoisotopic (exact) mass is 498 g/mol. The van der Waals surface area contributed by atoms with Crippen LogP contribution >= 0.6 is 0 Å². The summed E-state index contributed by atoms with van der Waals surface area (Å²) < 4.78 is 49.1. The molecule has 0 aliphatic carbocycles. The summed E-state index contributed by atoms with van der Waals surface area (Å²) in [7, 11) is 0. The van der Waals surface area contributed by atoms with Crippen LogP contribution in [-0.4, -0.2) is 44.4 Å². The Kier molecular flexibility index (Phi) is 6.42. The van der Waals surface area contributed by atoms with E-state index in [1.807, 2.05) is 6.08 Å². The van der Waals surface area contributed by atoms with Gasteiger partial charge in [0.2, 0.25) is 0 Å². The average Bonchev–Trinajstić information content (AvgIpc) is 3.52. The number of carbonyl (C=O) groups is 1. The van der Waals surface area contributed by atoms with E-state index in [0.29, 0.717) is 29.0 Å². The Morgan fingerprint density at radius 1 is 1.14 bits per heavy atom. The van der Waals surface area contributed by atoms with E-state index in [9.17, 15) is 23.1 Å². The van der Waals surface area contributed by atoms with Crippen molar-refractivity contribution in [2.75, 3.05) is 23.9 Å². The van der Waals surface area contributed by atoms with E-state index in [2.05, 4.69) is 4.90 Å². The van der Waals surface area contributed by atoms with Gasteiger partial charge >= 0.3 is 5.97 Å².